The van der Waals surface area contributed by atoms with Crippen LogP contribution >= 0.6 is 0 Å². The van der Waals surface area contributed by atoms with E-state index in [4.69, 9.17) is 15.5 Å². The maximum absolute atomic E-state index is 12.9. The molecule has 0 bridgehead atoms. The third-order valence-corrected chi connectivity index (χ3v) is 2.01. The van der Waals surface area contributed by atoms with Gasteiger partial charge in [-0.05, 0) is 17.7 Å². The molecule has 4 nitrogen and oxygen atoms in total. The Bertz CT molecular complexity index is 389. The third kappa shape index (κ3) is 2.50. The average molecular weight is 211 g/mol. The first kappa shape index (κ1) is 11.6. The summed E-state index contributed by atoms with van der Waals surface area (Å²) in [5.41, 5.74) is 0.200. The lowest BCUT2D eigenvalue weighted by molar-refractivity contribution is 0.0526. The van der Waals surface area contributed by atoms with Crippen molar-refractivity contribution >= 4 is 0 Å². The molecule has 0 aliphatic carbocycles. The highest BCUT2D eigenvalue weighted by atomic mass is 19.1. The average Bonchev–Trinajstić information content (AvgIpc) is 2.27. The van der Waals surface area contributed by atoms with Crippen LogP contribution in [0.2, 0.25) is 0 Å². The van der Waals surface area contributed by atoms with E-state index in [2.05, 4.69) is 0 Å². The van der Waals surface area contributed by atoms with Gasteiger partial charge >= 0.3 is 0 Å². The van der Waals surface area contributed by atoms with Crippen molar-refractivity contribution in [1.29, 1.82) is 5.26 Å². The van der Waals surface area contributed by atoms with E-state index < -0.39 is 24.6 Å². The molecule has 0 aliphatic rings. The van der Waals surface area contributed by atoms with Gasteiger partial charge in [-0.15, -0.1) is 0 Å². The van der Waals surface area contributed by atoms with E-state index in [9.17, 15) is 9.50 Å². The summed E-state index contributed by atoms with van der Waals surface area (Å²) in [5, 5.41) is 35.6. The summed E-state index contributed by atoms with van der Waals surface area (Å²) in [4.78, 5) is 0. The molecule has 0 aromatic heterocycles. The van der Waals surface area contributed by atoms with Gasteiger partial charge < -0.3 is 15.3 Å². The minimum absolute atomic E-state index is 0.0108. The predicted molar refractivity (Wildman–Crippen MR) is 48.9 cm³/mol. The van der Waals surface area contributed by atoms with Gasteiger partial charge in [0.2, 0.25) is 0 Å². The number of aliphatic hydroxyl groups excluding tert-OH is 3. The molecule has 2 atom stereocenters. The summed E-state index contributed by atoms with van der Waals surface area (Å²) in [7, 11) is 0. The van der Waals surface area contributed by atoms with Crippen LogP contribution in [0.25, 0.3) is 0 Å². The molecule has 0 fully saturated rings. The minimum Gasteiger partial charge on any atom is -0.392 e. The van der Waals surface area contributed by atoms with E-state index in [0.717, 1.165) is 6.07 Å². The lowest BCUT2D eigenvalue weighted by Gasteiger charge is -2.13. The summed E-state index contributed by atoms with van der Waals surface area (Å²) in [6, 6.07) is 4.99. The normalized spacial score (nSPS) is 14.3. The fourth-order valence-electron chi connectivity index (χ4n) is 1.15. The number of nitriles is 1. The number of nitrogens with zero attached hydrogens (tertiary/aromatic N) is 1. The summed E-state index contributed by atoms with van der Waals surface area (Å²) >= 11 is 0. The van der Waals surface area contributed by atoms with Gasteiger partial charge in [0, 0.05) is 5.56 Å². The van der Waals surface area contributed by atoms with Crippen LogP contribution in [0.15, 0.2) is 18.2 Å². The lowest BCUT2D eigenvalue weighted by Crippen LogP contribution is -2.16. The van der Waals surface area contributed by atoms with Gasteiger partial charge in [-0.3, -0.25) is 0 Å². The maximum atomic E-state index is 12.9. The van der Waals surface area contributed by atoms with E-state index in [1.54, 1.807) is 0 Å². The molecule has 1 aromatic carbocycles. The monoisotopic (exact) mass is 211 g/mol. The van der Waals surface area contributed by atoms with Crippen molar-refractivity contribution in [2.24, 2.45) is 0 Å². The van der Waals surface area contributed by atoms with Gasteiger partial charge in [0.25, 0.3) is 0 Å². The Balaban J connectivity index is 3.01. The van der Waals surface area contributed by atoms with Crippen molar-refractivity contribution in [3.63, 3.8) is 0 Å². The second-order valence-electron chi connectivity index (χ2n) is 3.03. The Morgan fingerprint density at radius 1 is 1.40 bits per heavy atom. The van der Waals surface area contributed by atoms with Crippen molar-refractivity contribution in [3.05, 3.63) is 35.1 Å². The number of benzene rings is 1. The fraction of sp³-hybridized carbons (Fsp3) is 0.300. The summed E-state index contributed by atoms with van der Waals surface area (Å²) in [6.07, 6.45) is -2.97. The maximum Gasteiger partial charge on any atom is 0.170 e. The van der Waals surface area contributed by atoms with Crippen LogP contribution in [0.1, 0.15) is 17.2 Å². The molecule has 5 heteroatoms. The van der Waals surface area contributed by atoms with Gasteiger partial charge in [0.05, 0.1) is 12.7 Å². The Hall–Kier alpha value is -1.48. The van der Waals surface area contributed by atoms with Gasteiger partial charge in [0.15, 0.2) is 6.10 Å². The molecule has 2 unspecified atom stereocenters. The first-order chi connectivity index (χ1) is 7.10. The zero-order valence-corrected chi connectivity index (χ0v) is 7.76. The Kier molecular flexibility index (Phi) is 3.74. The highest BCUT2D eigenvalue weighted by molar-refractivity contribution is 5.27. The first-order valence-corrected chi connectivity index (χ1v) is 4.25. The third-order valence-electron chi connectivity index (χ3n) is 2.01. The standard InChI is InChI=1S/C10H10FNO3/c11-8-2-1-6(3-7(8)5-13)10(15)9(14)4-12/h1-3,9-10,13-15H,5H2. The summed E-state index contributed by atoms with van der Waals surface area (Å²) < 4.78 is 12.9. The van der Waals surface area contributed by atoms with E-state index in [0.29, 0.717) is 0 Å². The van der Waals surface area contributed by atoms with Crippen molar-refractivity contribution < 1.29 is 19.7 Å². The van der Waals surface area contributed by atoms with Crippen LogP contribution in [0.4, 0.5) is 4.39 Å². The van der Waals surface area contributed by atoms with Crippen molar-refractivity contribution in [2.75, 3.05) is 0 Å². The highest BCUT2D eigenvalue weighted by Crippen LogP contribution is 2.19. The molecule has 0 aliphatic heterocycles. The molecule has 1 aromatic rings. The number of hydrogen-bond acceptors (Lipinski definition) is 4. The minimum atomic E-state index is -1.57. The van der Waals surface area contributed by atoms with Crippen LogP contribution in [-0.2, 0) is 6.61 Å². The largest absolute Gasteiger partial charge is 0.392 e. The van der Waals surface area contributed by atoms with Crippen LogP contribution in [0.5, 0.6) is 0 Å². The van der Waals surface area contributed by atoms with E-state index >= 15 is 0 Å². The highest BCUT2D eigenvalue weighted by Gasteiger charge is 2.18. The smallest absolute Gasteiger partial charge is 0.170 e. The quantitative estimate of drug-likeness (QED) is 0.625. The fourth-order valence-corrected chi connectivity index (χ4v) is 1.15. The molecule has 15 heavy (non-hydrogen) atoms. The van der Waals surface area contributed by atoms with Crippen LogP contribution in [0, 0.1) is 17.1 Å². The number of rotatable bonds is 3. The molecule has 0 spiro atoms. The molecule has 1 rings (SSSR count). The molecule has 0 amide bonds. The zero-order valence-electron chi connectivity index (χ0n) is 7.76. The molecular weight excluding hydrogens is 201 g/mol. The molecule has 80 valence electrons. The predicted octanol–water partition coefficient (Wildman–Crippen LogP) is 0.236. The van der Waals surface area contributed by atoms with E-state index in [1.165, 1.54) is 18.2 Å². The Labute approximate surface area is 85.8 Å². The molecule has 0 radical (unpaired) electrons. The summed E-state index contributed by atoms with van der Waals surface area (Å²) in [5.74, 6) is -0.597. The molecule has 0 heterocycles. The Morgan fingerprint density at radius 3 is 2.60 bits per heavy atom. The summed E-state index contributed by atoms with van der Waals surface area (Å²) in [6.45, 7) is -0.505. The topological polar surface area (TPSA) is 84.5 Å². The molecule has 0 saturated heterocycles. The second kappa shape index (κ2) is 4.84. The van der Waals surface area contributed by atoms with Crippen molar-refractivity contribution in [1.82, 2.24) is 0 Å². The van der Waals surface area contributed by atoms with Crippen molar-refractivity contribution in [3.8, 4) is 6.07 Å². The molecular formula is C10H10FNO3. The number of halogens is 1. The van der Waals surface area contributed by atoms with E-state index in [-0.39, 0.29) is 11.1 Å². The second-order valence-corrected chi connectivity index (χ2v) is 3.03. The van der Waals surface area contributed by atoms with Crippen LogP contribution in [-0.4, -0.2) is 21.4 Å². The van der Waals surface area contributed by atoms with Crippen LogP contribution < -0.4 is 0 Å². The van der Waals surface area contributed by atoms with Gasteiger partial charge in [-0.25, -0.2) is 4.39 Å². The SMILES string of the molecule is N#CC(O)C(O)c1ccc(F)c(CO)c1. The van der Waals surface area contributed by atoms with Gasteiger partial charge in [-0.2, -0.15) is 5.26 Å². The molecule has 3 N–H and O–H groups in total. The Morgan fingerprint density at radius 2 is 2.07 bits per heavy atom. The molecule has 0 saturated carbocycles. The van der Waals surface area contributed by atoms with E-state index in [1.807, 2.05) is 0 Å². The van der Waals surface area contributed by atoms with Gasteiger partial charge in [-0.1, -0.05) is 6.07 Å². The number of hydrogen-bond donors (Lipinski definition) is 3. The zero-order chi connectivity index (χ0) is 11.4. The number of aliphatic hydroxyl groups is 3. The van der Waals surface area contributed by atoms with Crippen molar-refractivity contribution in [2.45, 2.75) is 18.8 Å². The lowest BCUT2D eigenvalue weighted by atomic mass is 10.0. The first-order valence-electron chi connectivity index (χ1n) is 4.25. The van der Waals surface area contributed by atoms with Crippen LogP contribution in [0.3, 0.4) is 0 Å². The van der Waals surface area contributed by atoms with Gasteiger partial charge in [0.1, 0.15) is 11.9 Å².